The van der Waals surface area contributed by atoms with Gasteiger partial charge in [0, 0.05) is 23.1 Å². The summed E-state index contributed by atoms with van der Waals surface area (Å²) in [7, 11) is 0. The van der Waals surface area contributed by atoms with Crippen molar-refractivity contribution in [3.8, 4) is 10.6 Å². The standard InChI is InChI=1S/C12H10FNOS/c1-8(15)6-11-7-14-12(16-11)9-2-4-10(13)5-3-9/h2-5,7H,6H2,1H3. The zero-order valence-corrected chi connectivity index (χ0v) is 9.55. The largest absolute Gasteiger partial charge is 0.300 e. The lowest BCUT2D eigenvalue weighted by molar-refractivity contribution is -0.116. The van der Waals surface area contributed by atoms with Crippen LogP contribution in [0.3, 0.4) is 0 Å². The summed E-state index contributed by atoms with van der Waals surface area (Å²) >= 11 is 1.47. The van der Waals surface area contributed by atoms with Crippen LogP contribution in [0.15, 0.2) is 30.5 Å². The predicted octanol–water partition coefficient (Wildman–Crippen LogP) is 3.08. The molecule has 0 atom stereocenters. The van der Waals surface area contributed by atoms with Gasteiger partial charge in [0.25, 0.3) is 0 Å². The zero-order valence-electron chi connectivity index (χ0n) is 8.74. The van der Waals surface area contributed by atoms with Crippen molar-refractivity contribution < 1.29 is 9.18 Å². The number of thiazole rings is 1. The maximum absolute atomic E-state index is 12.7. The van der Waals surface area contributed by atoms with Crippen LogP contribution in [-0.2, 0) is 11.2 Å². The Morgan fingerprint density at radius 2 is 2.06 bits per heavy atom. The van der Waals surface area contributed by atoms with E-state index in [1.54, 1.807) is 25.3 Å². The van der Waals surface area contributed by atoms with Gasteiger partial charge in [-0.3, -0.25) is 4.79 Å². The summed E-state index contributed by atoms with van der Waals surface area (Å²) in [5, 5.41) is 0.816. The molecule has 16 heavy (non-hydrogen) atoms. The zero-order chi connectivity index (χ0) is 11.5. The van der Waals surface area contributed by atoms with Crippen molar-refractivity contribution in [1.82, 2.24) is 4.98 Å². The van der Waals surface area contributed by atoms with Crippen LogP contribution < -0.4 is 0 Å². The molecule has 1 aromatic carbocycles. The van der Waals surface area contributed by atoms with Gasteiger partial charge in [-0.2, -0.15) is 0 Å². The molecule has 0 unspecified atom stereocenters. The van der Waals surface area contributed by atoms with Gasteiger partial charge < -0.3 is 0 Å². The van der Waals surface area contributed by atoms with Crippen LogP contribution in [0.5, 0.6) is 0 Å². The number of rotatable bonds is 3. The van der Waals surface area contributed by atoms with Crippen molar-refractivity contribution in [2.45, 2.75) is 13.3 Å². The van der Waals surface area contributed by atoms with E-state index in [4.69, 9.17) is 0 Å². The molecule has 4 heteroatoms. The second-order valence-corrected chi connectivity index (χ2v) is 4.63. The Labute approximate surface area is 96.8 Å². The van der Waals surface area contributed by atoms with Crippen molar-refractivity contribution in [2.24, 2.45) is 0 Å². The average Bonchev–Trinajstić information content (AvgIpc) is 2.66. The lowest BCUT2D eigenvalue weighted by Gasteiger charge is -1.94. The fourth-order valence-electron chi connectivity index (χ4n) is 1.36. The molecule has 0 aliphatic heterocycles. The predicted molar refractivity (Wildman–Crippen MR) is 61.9 cm³/mol. The molecular formula is C12H10FNOS. The second-order valence-electron chi connectivity index (χ2n) is 3.52. The third-order valence-corrected chi connectivity index (χ3v) is 3.11. The van der Waals surface area contributed by atoms with E-state index in [-0.39, 0.29) is 11.6 Å². The van der Waals surface area contributed by atoms with Crippen LogP contribution in [0.1, 0.15) is 11.8 Å². The molecule has 2 nitrogen and oxygen atoms in total. The van der Waals surface area contributed by atoms with Crippen LogP contribution in [0, 0.1) is 5.82 Å². The van der Waals surface area contributed by atoms with Gasteiger partial charge in [0.15, 0.2) is 0 Å². The normalized spacial score (nSPS) is 10.4. The number of benzene rings is 1. The minimum atomic E-state index is -0.260. The van der Waals surface area contributed by atoms with E-state index in [9.17, 15) is 9.18 Å². The number of aromatic nitrogens is 1. The highest BCUT2D eigenvalue weighted by atomic mass is 32.1. The number of hydrogen-bond donors (Lipinski definition) is 0. The Hall–Kier alpha value is -1.55. The number of halogens is 1. The van der Waals surface area contributed by atoms with Gasteiger partial charge in [0.1, 0.15) is 16.6 Å². The molecule has 0 bridgehead atoms. The Bertz CT molecular complexity index is 504. The van der Waals surface area contributed by atoms with E-state index in [1.165, 1.54) is 23.5 Å². The highest BCUT2D eigenvalue weighted by molar-refractivity contribution is 7.15. The minimum absolute atomic E-state index is 0.120. The van der Waals surface area contributed by atoms with Gasteiger partial charge in [-0.15, -0.1) is 11.3 Å². The highest BCUT2D eigenvalue weighted by Gasteiger charge is 2.06. The summed E-state index contributed by atoms with van der Waals surface area (Å²) in [5.41, 5.74) is 0.876. The molecule has 1 heterocycles. The van der Waals surface area contributed by atoms with E-state index in [2.05, 4.69) is 4.98 Å². The molecule has 0 amide bonds. The first-order valence-corrected chi connectivity index (χ1v) is 5.67. The van der Waals surface area contributed by atoms with Gasteiger partial charge in [-0.1, -0.05) is 0 Å². The summed E-state index contributed by atoms with van der Waals surface area (Å²) in [4.78, 5) is 16.1. The van der Waals surface area contributed by atoms with Crippen LogP contribution in [0.4, 0.5) is 4.39 Å². The molecule has 0 saturated carbocycles. The minimum Gasteiger partial charge on any atom is -0.300 e. The van der Waals surface area contributed by atoms with Crippen LogP contribution >= 0.6 is 11.3 Å². The number of nitrogens with zero attached hydrogens (tertiary/aromatic N) is 1. The third-order valence-electron chi connectivity index (χ3n) is 2.07. The first kappa shape index (κ1) is 11.0. The third kappa shape index (κ3) is 2.52. The smallest absolute Gasteiger partial charge is 0.135 e. The number of ketones is 1. The maximum atomic E-state index is 12.7. The van der Waals surface area contributed by atoms with Gasteiger partial charge in [-0.25, -0.2) is 9.37 Å². The Balaban J connectivity index is 2.24. The van der Waals surface area contributed by atoms with Gasteiger partial charge in [-0.05, 0) is 31.2 Å². The number of hydrogen-bond acceptors (Lipinski definition) is 3. The molecule has 82 valence electrons. The monoisotopic (exact) mass is 235 g/mol. The molecule has 0 fully saturated rings. The lowest BCUT2D eigenvalue weighted by atomic mass is 10.2. The molecule has 0 aliphatic carbocycles. The first-order chi connectivity index (χ1) is 7.65. The summed E-state index contributed by atoms with van der Waals surface area (Å²) < 4.78 is 12.7. The molecule has 2 aromatic rings. The summed E-state index contributed by atoms with van der Waals surface area (Å²) in [6.07, 6.45) is 2.11. The summed E-state index contributed by atoms with van der Waals surface area (Å²) in [6, 6.07) is 6.18. The van der Waals surface area contributed by atoms with Crippen molar-refractivity contribution in [3.05, 3.63) is 41.2 Å². The molecule has 0 spiro atoms. The van der Waals surface area contributed by atoms with Gasteiger partial charge in [0.05, 0.1) is 0 Å². The number of carbonyl (C=O) groups is 1. The summed E-state index contributed by atoms with van der Waals surface area (Å²) in [6.45, 7) is 1.55. The van der Waals surface area contributed by atoms with Crippen LogP contribution in [-0.4, -0.2) is 10.8 Å². The van der Waals surface area contributed by atoms with Crippen molar-refractivity contribution in [3.63, 3.8) is 0 Å². The highest BCUT2D eigenvalue weighted by Crippen LogP contribution is 2.25. The Morgan fingerprint density at radius 3 is 2.69 bits per heavy atom. The molecule has 0 radical (unpaired) electrons. The quantitative estimate of drug-likeness (QED) is 0.818. The van der Waals surface area contributed by atoms with E-state index >= 15 is 0 Å². The molecule has 0 N–H and O–H groups in total. The van der Waals surface area contributed by atoms with E-state index < -0.39 is 0 Å². The topological polar surface area (TPSA) is 30.0 Å². The fourth-order valence-corrected chi connectivity index (χ4v) is 2.35. The fraction of sp³-hybridized carbons (Fsp3) is 0.167. The number of Topliss-reactive ketones (excluding diaryl/α,β-unsaturated/α-hetero) is 1. The maximum Gasteiger partial charge on any atom is 0.135 e. The van der Waals surface area contributed by atoms with E-state index in [0.29, 0.717) is 6.42 Å². The molecular weight excluding hydrogens is 225 g/mol. The Kier molecular flexibility index (Phi) is 3.10. The molecule has 1 aromatic heterocycles. The number of carbonyl (C=O) groups excluding carboxylic acids is 1. The van der Waals surface area contributed by atoms with E-state index in [1.807, 2.05) is 0 Å². The second kappa shape index (κ2) is 4.53. The van der Waals surface area contributed by atoms with E-state index in [0.717, 1.165) is 15.4 Å². The van der Waals surface area contributed by atoms with Gasteiger partial charge >= 0.3 is 0 Å². The lowest BCUT2D eigenvalue weighted by Crippen LogP contribution is -1.92. The molecule has 2 rings (SSSR count). The van der Waals surface area contributed by atoms with Crippen molar-refractivity contribution in [2.75, 3.05) is 0 Å². The van der Waals surface area contributed by atoms with Crippen LogP contribution in [0.25, 0.3) is 10.6 Å². The Morgan fingerprint density at radius 1 is 1.38 bits per heavy atom. The first-order valence-electron chi connectivity index (χ1n) is 4.85. The molecule has 0 saturated heterocycles. The van der Waals surface area contributed by atoms with Crippen molar-refractivity contribution >= 4 is 17.1 Å². The van der Waals surface area contributed by atoms with Crippen LogP contribution in [0.2, 0.25) is 0 Å². The summed E-state index contributed by atoms with van der Waals surface area (Å²) in [5.74, 6) is -0.140. The SMILES string of the molecule is CC(=O)Cc1cnc(-c2ccc(F)cc2)s1. The average molecular weight is 235 g/mol. The molecule has 0 aliphatic rings. The van der Waals surface area contributed by atoms with Crippen molar-refractivity contribution in [1.29, 1.82) is 0 Å². The van der Waals surface area contributed by atoms with Gasteiger partial charge in [0.2, 0.25) is 0 Å².